The Morgan fingerprint density at radius 3 is 1.71 bits per heavy atom. The topological polar surface area (TPSA) is 54.0 Å². The van der Waals surface area contributed by atoms with E-state index in [1.54, 1.807) is 61.5 Å². The van der Waals surface area contributed by atoms with Crippen LogP contribution < -0.4 is 0 Å². The molecular weight excluding hydrogens is 617 g/mol. The van der Waals surface area contributed by atoms with Crippen molar-refractivity contribution in [3.63, 3.8) is 0 Å². The van der Waals surface area contributed by atoms with E-state index in [9.17, 15) is 4.79 Å². The molecule has 202 valence electrons. The van der Waals surface area contributed by atoms with Crippen molar-refractivity contribution in [1.82, 2.24) is 0 Å². The molecule has 1 heterocycles. The normalized spacial score (nSPS) is 21.1. The van der Waals surface area contributed by atoms with Crippen molar-refractivity contribution in [2.24, 2.45) is 0 Å². The third-order valence-electron chi connectivity index (χ3n) is 6.08. The zero-order chi connectivity index (χ0) is 27.4. The number of carbonyl (C=O) groups is 1. The lowest BCUT2D eigenvalue weighted by molar-refractivity contribution is -0.167. The third kappa shape index (κ3) is 7.08. The molecule has 1 saturated heterocycles. The molecule has 1 fully saturated rings. The quantitative estimate of drug-likeness (QED) is 0.208. The Hall–Kier alpha value is -1.25. The minimum atomic E-state index is -1.46. The molecule has 0 radical (unpaired) electrons. The van der Waals surface area contributed by atoms with Crippen LogP contribution >= 0.6 is 69.6 Å². The summed E-state index contributed by atoms with van der Waals surface area (Å²) in [6.45, 7) is 1.93. The first kappa shape index (κ1) is 29.7. The maximum absolute atomic E-state index is 13.1. The van der Waals surface area contributed by atoms with Crippen molar-refractivity contribution in [3.05, 3.63) is 101 Å². The summed E-state index contributed by atoms with van der Waals surface area (Å²) in [5.74, 6) is -0.590. The predicted octanol–water partition coefficient (Wildman–Crippen LogP) is 8.61. The fourth-order valence-corrected chi connectivity index (χ4v) is 5.31. The summed E-state index contributed by atoms with van der Waals surface area (Å²) in [5, 5.41) is 2.83. The Morgan fingerprint density at radius 2 is 1.21 bits per heavy atom. The molecule has 0 N–H and O–H groups in total. The van der Waals surface area contributed by atoms with Crippen molar-refractivity contribution >= 4 is 75.6 Å². The van der Waals surface area contributed by atoms with Gasteiger partial charge in [-0.15, -0.1) is 0 Å². The maximum atomic E-state index is 13.1. The minimum absolute atomic E-state index is 0.0249. The highest BCUT2D eigenvalue weighted by Crippen LogP contribution is 2.36. The van der Waals surface area contributed by atoms with Gasteiger partial charge in [0.15, 0.2) is 11.7 Å². The van der Waals surface area contributed by atoms with Gasteiger partial charge in [-0.1, -0.05) is 87.8 Å². The van der Waals surface area contributed by atoms with Gasteiger partial charge in [-0.05, 0) is 60.0 Å². The molecule has 0 saturated carbocycles. The van der Waals surface area contributed by atoms with Crippen LogP contribution in [0.15, 0.2) is 54.6 Å². The van der Waals surface area contributed by atoms with E-state index in [-0.39, 0.29) is 26.4 Å². The Kier molecular flexibility index (Phi) is 10.1. The molecule has 0 bridgehead atoms. The van der Waals surface area contributed by atoms with E-state index < -0.39 is 23.8 Å². The van der Waals surface area contributed by atoms with Gasteiger partial charge in [-0.25, -0.2) is 4.79 Å². The van der Waals surface area contributed by atoms with Crippen LogP contribution in [0.2, 0.25) is 30.1 Å². The van der Waals surface area contributed by atoms with E-state index in [2.05, 4.69) is 0 Å². The molecule has 3 aromatic carbocycles. The van der Waals surface area contributed by atoms with Crippen molar-refractivity contribution in [2.75, 3.05) is 6.61 Å². The largest absolute Gasteiger partial charge is 0.455 e. The van der Waals surface area contributed by atoms with E-state index in [0.29, 0.717) is 41.3 Å². The van der Waals surface area contributed by atoms with E-state index >= 15 is 0 Å². The summed E-state index contributed by atoms with van der Waals surface area (Å²) < 4.78 is 23.9. The standard InChI is InChI=1S/C27H22Cl6O5/c1-27(37-13-17-4-7-20(30)10-23(17)33)25(36-12-16-3-6-19(29)9-22(16)32)24(38-26(27)34)14-35-11-15-2-5-18(28)8-21(15)31/h2-10,24-25H,11-14H2,1H3. The molecular formula is C27H22Cl6O5. The van der Waals surface area contributed by atoms with Gasteiger partial charge >= 0.3 is 5.97 Å². The Balaban J connectivity index is 1.51. The molecule has 11 heteroatoms. The molecule has 0 amide bonds. The van der Waals surface area contributed by atoms with Gasteiger partial charge in [0, 0.05) is 30.1 Å². The summed E-state index contributed by atoms with van der Waals surface area (Å²) in [6.07, 6.45) is -1.61. The number of hydrogen-bond donors (Lipinski definition) is 0. The summed E-state index contributed by atoms with van der Waals surface area (Å²) in [7, 11) is 0. The molecule has 38 heavy (non-hydrogen) atoms. The van der Waals surface area contributed by atoms with Crippen LogP contribution in [0.4, 0.5) is 0 Å². The van der Waals surface area contributed by atoms with Crippen molar-refractivity contribution in [2.45, 2.75) is 44.6 Å². The fourth-order valence-electron chi connectivity index (χ4n) is 3.92. The van der Waals surface area contributed by atoms with Crippen LogP contribution in [0.25, 0.3) is 0 Å². The zero-order valence-electron chi connectivity index (χ0n) is 20.0. The van der Waals surface area contributed by atoms with E-state index in [0.717, 1.165) is 5.56 Å². The van der Waals surface area contributed by atoms with Crippen LogP contribution in [0.5, 0.6) is 0 Å². The number of cyclic esters (lactones) is 1. The second kappa shape index (κ2) is 12.9. The van der Waals surface area contributed by atoms with Crippen LogP contribution in [-0.2, 0) is 43.6 Å². The molecule has 3 aromatic rings. The lowest BCUT2D eigenvalue weighted by atomic mass is 9.97. The van der Waals surface area contributed by atoms with Crippen molar-refractivity contribution in [3.8, 4) is 0 Å². The first-order chi connectivity index (χ1) is 18.1. The maximum Gasteiger partial charge on any atom is 0.341 e. The monoisotopic (exact) mass is 636 g/mol. The highest BCUT2D eigenvalue weighted by Gasteiger charge is 2.56. The number of halogens is 6. The van der Waals surface area contributed by atoms with E-state index in [4.69, 9.17) is 88.6 Å². The van der Waals surface area contributed by atoms with Crippen molar-refractivity contribution in [1.29, 1.82) is 0 Å². The number of esters is 1. The van der Waals surface area contributed by atoms with Crippen LogP contribution in [0.1, 0.15) is 23.6 Å². The lowest BCUT2D eigenvalue weighted by Crippen LogP contribution is -2.48. The molecule has 1 aliphatic rings. The smallest absolute Gasteiger partial charge is 0.341 e. The molecule has 0 spiro atoms. The molecule has 1 aliphatic heterocycles. The second-order valence-electron chi connectivity index (χ2n) is 8.79. The van der Waals surface area contributed by atoms with Gasteiger partial charge < -0.3 is 18.9 Å². The molecule has 0 aliphatic carbocycles. The zero-order valence-corrected chi connectivity index (χ0v) is 24.5. The summed E-state index contributed by atoms with van der Waals surface area (Å²) in [4.78, 5) is 13.1. The Labute approximate surface area is 250 Å². The van der Waals surface area contributed by atoms with Crippen LogP contribution in [-0.4, -0.2) is 30.4 Å². The number of ether oxygens (including phenoxy) is 4. The first-order valence-electron chi connectivity index (χ1n) is 11.4. The molecule has 4 rings (SSSR count). The molecule has 0 aromatic heterocycles. The van der Waals surface area contributed by atoms with Gasteiger partial charge in [0.25, 0.3) is 0 Å². The summed E-state index contributed by atoms with van der Waals surface area (Å²) >= 11 is 36.9. The van der Waals surface area contributed by atoms with Gasteiger partial charge in [-0.3, -0.25) is 0 Å². The number of carbonyl (C=O) groups excluding carboxylic acids is 1. The summed E-state index contributed by atoms with van der Waals surface area (Å²) in [6, 6.07) is 15.2. The average molecular weight is 639 g/mol. The lowest BCUT2D eigenvalue weighted by Gasteiger charge is -2.29. The second-order valence-corrected chi connectivity index (χ2v) is 11.3. The fraction of sp³-hybridized carbons (Fsp3) is 0.296. The van der Waals surface area contributed by atoms with Gasteiger partial charge in [0.1, 0.15) is 6.10 Å². The van der Waals surface area contributed by atoms with E-state index in [1.165, 1.54) is 0 Å². The molecule has 5 nitrogen and oxygen atoms in total. The number of hydrogen-bond acceptors (Lipinski definition) is 5. The average Bonchev–Trinajstić information content (AvgIpc) is 3.08. The molecule has 3 atom stereocenters. The van der Waals surface area contributed by atoms with Gasteiger partial charge in [0.2, 0.25) is 0 Å². The summed E-state index contributed by atoms with van der Waals surface area (Å²) in [5.41, 5.74) is 0.614. The van der Waals surface area contributed by atoms with Gasteiger partial charge in [0.05, 0.1) is 26.4 Å². The highest BCUT2D eigenvalue weighted by molar-refractivity contribution is 6.36. The predicted molar refractivity (Wildman–Crippen MR) is 151 cm³/mol. The Morgan fingerprint density at radius 1 is 0.737 bits per heavy atom. The van der Waals surface area contributed by atoms with E-state index in [1.807, 2.05) is 0 Å². The third-order valence-corrected chi connectivity index (χ3v) is 7.84. The van der Waals surface area contributed by atoms with Gasteiger partial charge in [-0.2, -0.15) is 0 Å². The first-order valence-corrected chi connectivity index (χ1v) is 13.7. The van der Waals surface area contributed by atoms with Crippen LogP contribution in [0.3, 0.4) is 0 Å². The SMILES string of the molecule is CC1(OCc2ccc(Cl)cc2Cl)C(=O)OC(COCc2ccc(Cl)cc2Cl)C1OCc1ccc(Cl)cc1Cl. The number of rotatable bonds is 10. The van der Waals surface area contributed by atoms with Crippen molar-refractivity contribution < 1.29 is 23.7 Å². The van der Waals surface area contributed by atoms with Crippen LogP contribution in [0, 0.1) is 0 Å². The highest BCUT2D eigenvalue weighted by atomic mass is 35.5. The minimum Gasteiger partial charge on any atom is -0.455 e. The number of benzene rings is 3. The Bertz CT molecular complexity index is 1320. The molecule has 3 unspecified atom stereocenters.